The summed E-state index contributed by atoms with van der Waals surface area (Å²) in [5.41, 5.74) is -2.09. The summed E-state index contributed by atoms with van der Waals surface area (Å²) in [6.07, 6.45) is -1.77. The molecule has 0 radical (unpaired) electrons. The standard InChI is InChI=1S/C20H32N2O7/c1-11-13(14(17(26)27)16(25)21-9-5-6-10-21)15(24)20(11)8-7-12(23)22(20)18(28)29-19(2,3)4/h11-14,17,23,26-27H,5-10H2,1-4H3/t11?,12?,13?,14-,20?/m0/s1. The summed E-state index contributed by atoms with van der Waals surface area (Å²) < 4.78 is 5.39. The Kier molecular flexibility index (Phi) is 5.70. The van der Waals surface area contributed by atoms with Gasteiger partial charge in [-0.25, -0.2) is 4.79 Å². The molecule has 0 aromatic heterocycles. The van der Waals surface area contributed by atoms with Gasteiger partial charge in [-0.2, -0.15) is 0 Å². The molecule has 0 bridgehead atoms. The number of likely N-dealkylation sites (tertiary alicyclic amines) is 2. The second-order valence-corrected chi connectivity index (χ2v) is 9.44. The van der Waals surface area contributed by atoms with Gasteiger partial charge in [0.2, 0.25) is 5.91 Å². The molecule has 3 fully saturated rings. The number of carbonyl (C=O) groups excluding carboxylic acids is 3. The average molecular weight is 412 g/mol. The summed E-state index contributed by atoms with van der Waals surface area (Å²) in [5, 5.41) is 30.3. The van der Waals surface area contributed by atoms with Gasteiger partial charge in [-0.05, 0) is 52.4 Å². The Balaban J connectivity index is 1.86. The fraction of sp³-hybridized carbons (Fsp3) is 0.850. The number of ether oxygens (including phenoxy) is 1. The maximum absolute atomic E-state index is 13.3. The number of amides is 2. The number of nitrogens with zero attached hydrogens (tertiary/aromatic N) is 2. The van der Waals surface area contributed by atoms with Crippen LogP contribution >= 0.6 is 0 Å². The van der Waals surface area contributed by atoms with Crippen LogP contribution in [0, 0.1) is 17.8 Å². The van der Waals surface area contributed by atoms with Crippen LogP contribution in [0.1, 0.15) is 53.4 Å². The molecule has 2 amide bonds. The lowest BCUT2D eigenvalue weighted by Gasteiger charge is -2.56. The number of ketones is 1. The fourth-order valence-corrected chi connectivity index (χ4v) is 5.18. The van der Waals surface area contributed by atoms with Gasteiger partial charge in [-0.3, -0.25) is 14.5 Å². The molecule has 5 atom stereocenters. The highest BCUT2D eigenvalue weighted by Crippen LogP contribution is 2.55. The first-order chi connectivity index (χ1) is 13.4. The van der Waals surface area contributed by atoms with Crippen LogP contribution in [0.4, 0.5) is 4.79 Å². The number of hydrogen-bond donors (Lipinski definition) is 3. The third kappa shape index (κ3) is 3.53. The second-order valence-electron chi connectivity index (χ2n) is 9.44. The molecule has 1 saturated carbocycles. The summed E-state index contributed by atoms with van der Waals surface area (Å²) in [6.45, 7) is 7.87. The molecular formula is C20H32N2O7. The Morgan fingerprint density at radius 2 is 1.79 bits per heavy atom. The molecular weight excluding hydrogens is 380 g/mol. The molecule has 9 nitrogen and oxygen atoms in total. The number of aliphatic hydroxyl groups is 3. The molecule has 29 heavy (non-hydrogen) atoms. The van der Waals surface area contributed by atoms with Crippen molar-refractivity contribution >= 4 is 17.8 Å². The normalized spacial score (nSPS) is 33.4. The first-order valence-electron chi connectivity index (χ1n) is 10.3. The van der Waals surface area contributed by atoms with Crippen LogP contribution in [0.25, 0.3) is 0 Å². The SMILES string of the molecule is CC1C([C@@H](C(=O)N2CCCC2)C(O)O)C(=O)C12CCC(O)N2C(=O)OC(C)(C)C. The fourth-order valence-electron chi connectivity index (χ4n) is 5.18. The minimum Gasteiger partial charge on any atom is -0.444 e. The molecule has 9 heteroatoms. The minimum atomic E-state index is -1.97. The summed E-state index contributed by atoms with van der Waals surface area (Å²) in [4.78, 5) is 41.6. The van der Waals surface area contributed by atoms with Crippen LogP contribution in [-0.2, 0) is 14.3 Å². The lowest BCUT2D eigenvalue weighted by molar-refractivity contribution is -0.190. The van der Waals surface area contributed by atoms with E-state index in [0.29, 0.717) is 13.1 Å². The van der Waals surface area contributed by atoms with Gasteiger partial charge in [0.05, 0.1) is 5.92 Å². The van der Waals surface area contributed by atoms with Crippen LogP contribution in [0.15, 0.2) is 0 Å². The largest absolute Gasteiger partial charge is 0.444 e. The van der Waals surface area contributed by atoms with E-state index in [0.717, 1.165) is 17.7 Å². The molecule has 2 aliphatic heterocycles. The molecule has 0 aromatic carbocycles. The van der Waals surface area contributed by atoms with E-state index in [-0.39, 0.29) is 12.8 Å². The minimum absolute atomic E-state index is 0.217. The van der Waals surface area contributed by atoms with E-state index in [1.807, 2.05) is 0 Å². The zero-order valence-electron chi connectivity index (χ0n) is 17.5. The molecule has 3 rings (SSSR count). The smallest absolute Gasteiger partial charge is 0.413 e. The van der Waals surface area contributed by atoms with Crippen LogP contribution in [0.5, 0.6) is 0 Å². The average Bonchev–Trinajstić information content (AvgIpc) is 3.25. The van der Waals surface area contributed by atoms with Gasteiger partial charge in [-0.1, -0.05) is 6.92 Å². The molecule has 1 aliphatic carbocycles. The first kappa shape index (κ1) is 22.0. The molecule has 2 heterocycles. The quantitative estimate of drug-likeness (QED) is 0.575. The molecule has 3 aliphatic rings. The number of rotatable bonds is 3. The second kappa shape index (κ2) is 7.52. The lowest BCUT2D eigenvalue weighted by Crippen LogP contribution is -2.73. The van der Waals surface area contributed by atoms with Gasteiger partial charge in [0, 0.05) is 19.0 Å². The van der Waals surface area contributed by atoms with E-state index in [4.69, 9.17) is 4.74 Å². The van der Waals surface area contributed by atoms with Crippen molar-refractivity contribution in [1.29, 1.82) is 0 Å². The lowest BCUT2D eigenvalue weighted by atomic mass is 9.53. The number of Topliss-reactive ketones (excluding diaryl/α,β-unsaturated/α-hetero) is 1. The number of carbonyl (C=O) groups is 3. The zero-order valence-corrected chi connectivity index (χ0v) is 17.5. The van der Waals surface area contributed by atoms with E-state index in [2.05, 4.69) is 0 Å². The maximum Gasteiger partial charge on any atom is 0.413 e. The van der Waals surface area contributed by atoms with Gasteiger partial charge < -0.3 is 25.0 Å². The summed E-state index contributed by atoms with van der Waals surface area (Å²) in [6, 6.07) is 0. The number of hydrogen-bond acceptors (Lipinski definition) is 7. The van der Waals surface area contributed by atoms with Crippen molar-refractivity contribution in [3.8, 4) is 0 Å². The van der Waals surface area contributed by atoms with Crippen LogP contribution in [0.3, 0.4) is 0 Å². The van der Waals surface area contributed by atoms with Crippen molar-refractivity contribution in [2.75, 3.05) is 13.1 Å². The molecule has 1 spiro atoms. The Morgan fingerprint density at radius 1 is 1.21 bits per heavy atom. The zero-order chi connectivity index (χ0) is 21.7. The van der Waals surface area contributed by atoms with Crippen LogP contribution in [0.2, 0.25) is 0 Å². The van der Waals surface area contributed by atoms with E-state index < -0.39 is 59.2 Å². The van der Waals surface area contributed by atoms with Crippen molar-refractivity contribution in [2.45, 2.75) is 77.0 Å². The summed E-state index contributed by atoms with van der Waals surface area (Å²) in [5.74, 6) is -3.60. The highest BCUT2D eigenvalue weighted by atomic mass is 16.6. The van der Waals surface area contributed by atoms with Crippen molar-refractivity contribution in [2.24, 2.45) is 17.8 Å². The van der Waals surface area contributed by atoms with Gasteiger partial charge in [0.25, 0.3) is 0 Å². The Morgan fingerprint density at radius 3 is 2.28 bits per heavy atom. The maximum atomic E-state index is 13.3. The third-order valence-corrected chi connectivity index (χ3v) is 6.53. The number of aliphatic hydroxyl groups excluding tert-OH is 2. The molecule has 3 N–H and O–H groups in total. The van der Waals surface area contributed by atoms with Crippen LogP contribution < -0.4 is 0 Å². The highest BCUT2D eigenvalue weighted by Gasteiger charge is 2.70. The first-order valence-corrected chi connectivity index (χ1v) is 10.3. The van der Waals surface area contributed by atoms with Gasteiger partial charge in [0.1, 0.15) is 17.4 Å². The van der Waals surface area contributed by atoms with E-state index in [9.17, 15) is 29.7 Å². The molecule has 2 saturated heterocycles. The van der Waals surface area contributed by atoms with Gasteiger partial charge in [0.15, 0.2) is 12.1 Å². The monoisotopic (exact) mass is 412 g/mol. The molecule has 164 valence electrons. The van der Waals surface area contributed by atoms with Gasteiger partial charge >= 0.3 is 6.09 Å². The summed E-state index contributed by atoms with van der Waals surface area (Å²) >= 11 is 0. The Labute approximate surface area is 170 Å². The van der Waals surface area contributed by atoms with Gasteiger partial charge in [-0.15, -0.1) is 0 Å². The van der Waals surface area contributed by atoms with Crippen molar-refractivity contribution in [1.82, 2.24) is 9.80 Å². The van der Waals surface area contributed by atoms with Crippen molar-refractivity contribution < 1.29 is 34.4 Å². The van der Waals surface area contributed by atoms with Crippen molar-refractivity contribution in [3.63, 3.8) is 0 Å². The predicted molar refractivity (Wildman–Crippen MR) is 101 cm³/mol. The van der Waals surface area contributed by atoms with Crippen LogP contribution in [-0.4, -0.2) is 79.7 Å². The predicted octanol–water partition coefficient (Wildman–Crippen LogP) is 0.459. The summed E-state index contributed by atoms with van der Waals surface area (Å²) in [7, 11) is 0. The third-order valence-electron chi connectivity index (χ3n) is 6.53. The molecule has 0 aromatic rings. The van der Waals surface area contributed by atoms with E-state index in [1.165, 1.54) is 0 Å². The van der Waals surface area contributed by atoms with Crippen molar-refractivity contribution in [3.05, 3.63) is 0 Å². The highest BCUT2D eigenvalue weighted by molar-refractivity contribution is 6.03. The topological polar surface area (TPSA) is 128 Å². The Bertz CT molecular complexity index is 683. The Hall–Kier alpha value is -1.71. The molecule has 4 unspecified atom stereocenters. The van der Waals surface area contributed by atoms with E-state index in [1.54, 1.807) is 32.6 Å². The van der Waals surface area contributed by atoms with E-state index >= 15 is 0 Å².